The number of aliphatic imine (C=N–C) groups is 1. The summed E-state index contributed by atoms with van der Waals surface area (Å²) in [5.41, 5.74) is 3.55. The van der Waals surface area contributed by atoms with Crippen LogP contribution in [0.2, 0.25) is 0 Å². The molecule has 0 amide bonds. The summed E-state index contributed by atoms with van der Waals surface area (Å²) in [5.74, 6) is 3.86. The first-order valence-electron chi connectivity index (χ1n) is 10.6. The number of guanidine groups is 1. The van der Waals surface area contributed by atoms with E-state index in [1.54, 1.807) is 7.05 Å². The van der Waals surface area contributed by atoms with Crippen molar-refractivity contribution in [3.8, 4) is 0 Å². The van der Waals surface area contributed by atoms with Gasteiger partial charge in [0.05, 0.1) is 12.2 Å². The lowest BCUT2D eigenvalue weighted by Crippen LogP contribution is -2.38. The number of nitrogens with zero attached hydrogens (tertiary/aromatic N) is 3. The van der Waals surface area contributed by atoms with E-state index >= 15 is 0 Å². The summed E-state index contributed by atoms with van der Waals surface area (Å²) in [6, 6.07) is 8.89. The zero-order chi connectivity index (χ0) is 20.8. The number of oxazole rings is 1. The summed E-state index contributed by atoms with van der Waals surface area (Å²) >= 11 is 0. The zero-order valence-corrected chi connectivity index (χ0v) is 21.2. The minimum absolute atomic E-state index is 0. The normalized spacial score (nSPS) is 20.0. The molecule has 0 radical (unpaired) electrons. The molecule has 0 saturated carbocycles. The van der Waals surface area contributed by atoms with Crippen LogP contribution >= 0.6 is 24.0 Å². The molecular weight excluding hydrogens is 489 g/mol. The SMILES string of the molecule is CN=C(NCc1ccc(CN2CC(C)CC(C)C2)cc1)NCc1nc(C)c(C)o1.I. The second kappa shape index (κ2) is 11.7. The summed E-state index contributed by atoms with van der Waals surface area (Å²) in [6.45, 7) is 13.3. The van der Waals surface area contributed by atoms with Crippen LogP contribution in [0.1, 0.15) is 48.7 Å². The predicted octanol–water partition coefficient (Wildman–Crippen LogP) is 4.25. The van der Waals surface area contributed by atoms with Crippen LogP contribution in [0.5, 0.6) is 0 Å². The Morgan fingerprint density at radius 3 is 2.23 bits per heavy atom. The molecule has 166 valence electrons. The number of rotatable bonds is 6. The van der Waals surface area contributed by atoms with Gasteiger partial charge in [-0.2, -0.15) is 0 Å². The molecule has 1 saturated heterocycles. The maximum absolute atomic E-state index is 5.60. The van der Waals surface area contributed by atoms with Gasteiger partial charge in [0.25, 0.3) is 0 Å². The van der Waals surface area contributed by atoms with Crippen molar-refractivity contribution in [3.63, 3.8) is 0 Å². The fraction of sp³-hybridized carbons (Fsp3) is 0.565. The molecule has 2 aromatic rings. The Bertz CT molecular complexity index is 788. The highest BCUT2D eigenvalue weighted by Crippen LogP contribution is 2.22. The fourth-order valence-electron chi connectivity index (χ4n) is 4.12. The maximum Gasteiger partial charge on any atom is 0.214 e. The van der Waals surface area contributed by atoms with Gasteiger partial charge in [-0.3, -0.25) is 9.89 Å². The molecule has 0 bridgehead atoms. The summed E-state index contributed by atoms with van der Waals surface area (Å²) in [6.07, 6.45) is 1.35. The van der Waals surface area contributed by atoms with E-state index in [9.17, 15) is 0 Å². The van der Waals surface area contributed by atoms with Gasteiger partial charge in [-0.25, -0.2) is 4.98 Å². The topological polar surface area (TPSA) is 65.7 Å². The van der Waals surface area contributed by atoms with E-state index < -0.39 is 0 Å². The summed E-state index contributed by atoms with van der Waals surface area (Å²) in [4.78, 5) is 11.2. The van der Waals surface area contributed by atoms with E-state index in [1.807, 2.05) is 13.8 Å². The molecule has 3 rings (SSSR count). The molecular formula is C23H36IN5O. The molecule has 7 heteroatoms. The lowest BCUT2D eigenvalue weighted by Gasteiger charge is -2.35. The number of hydrogen-bond acceptors (Lipinski definition) is 4. The molecule has 0 aliphatic carbocycles. The van der Waals surface area contributed by atoms with Gasteiger partial charge >= 0.3 is 0 Å². The molecule has 1 aliphatic rings. The Kier molecular flexibility index (Phi) is 9.61. The minimum Gasteiger partial charge on any atom is -0.444 e. The van der Waals surface area contributed by atoms with Crippen molar-refractivity contribution in [3.05, 3.63) is 52.7 Å². The molecule has 1 fully saturated rings. The van der Waals surface area contributed by atoms with Crippen LogP contribution in [0.25, 0.3) is 0 Å². The van der Waals surface area contributed by atoms with Gasteiger partial charge in [0, 0.05) is 33.2 Å². The smallest absolute Gasteiger partial charge is 0.214 e. The number of aryl methyl sites for hydroxylation is 2. The van der Waals surface area contributed by atoms with E-state index in [-0.39, 0.29) is 24.0 Å². The van der Waals surface area contributed by atoms with Crippen molar-refractivity contribution >= 4 is 29.9 Å². The fourth-order valence-corrected chi connectivity index (χ4v) is 4.12. The second-order valence-electron chi connectivity index (χ2n) is 8.49. The summed E-state index contributed by atoms with van der Waals surface area (Å²) in [7, 11) is 1.77. The van der Waals surface area contributed by atoms with Gasteiger partial charge in [0.15, 0.2) is 5.96 Å². The largest absolute Gasteiger partial charge is 0.444 e. The van der Waals surface area contributed by atoms with Gasteiger partial charge in [-0.05, 0) is 43.2 Å². The van der Waals surface area contributed by atoms with E-state index in [0.29, 0.717) is 12.4 Å². The van der Waals surface area contributed by atoms with Gasteiger partial charge < -0.3 is 15.1 Å². The highest BCUT2D eigenvalue weighted by atomic mass is 127. The first-order chi connectivity index (χ1) is 13.9. The van der Waals surface area contributed by atoms with Gasteiger partial charge in [0.1, 0.15) is 5.76 Å². The third kappa shape index (κ3) is 7.27. The maximum atomic E-state index is 5.60. The molecule has 2 unspecified atom stereocenters. The Labute approximate surface area is 198 Å². The van der Waals surface area contributed by atoms with Crippen LogP contribution in [0.15, 0.2) is 33.7 Å². The summed E-state index contributed by atoms with van der Waals surface area (Å²) in [5, 5.41) is 6.60. The second-order valence-corrected chi connectivity index (χ2v) is 8.49. The zero-order valence-electron chi connectivity index (χ0n) is 18.9. The Hall–Kier alpha value is -1.61. The number of likely N-dealkylation sites (tertiary alicyclic amines) is 1. The van der Waals surface area contributed by atoms with Crippen LogP contribution in [0, 0.1) is 25.7 Å². The molecule has 1 aliphatic heterocycles. The lowest BCUT2D eigenvalue weighted by molar-refractivity contribution is 0.134. The van der Waals surface area contributed by atoms with E-state index in [0.717, 1.165) is 42.3 Å². The van der Waals surface area contributed by atoms with Crippen LogP contribution < -0.4 is 10.6 Å². The lowest BCUT2D eigenvalue weighted by atomic mass is 9.91. The Balaban J connectivity index is 0.00000320. The van der Waals surface area contributed by atoms with Gasteiger partial charge in [-0.15, -0.1) is 24.0 Å². The highest BCUT2D eigenvalue weighted by molar-refractivity contribution is 14.0. The van der Waals surface area contributed by atoms with Crippen molar-refractivity contribution in [2.24, 2.45) is 16.8 Å². The number of hydrogen-bond donors (Lipinski definition) is 2. The van der Waals surface area contributed by atoms with Crippen LogP contribution in [0.3, 0.4) is 0 Å². The number of nitrogens with one attached hydrogen (secondary N) is 2. The molecule has 6 nitrogen and oxygen atoms in total. The van der Waals surface area contributed by atoms with Crippen LogP contribution in [-0.4, -0.2) is 36.0 Å². The molecule has 0 spiro atoms. The average Bonchev–Trinajstić information content (AvgIpc) is 3.00. The van der Waals surface area contributed by atoms with E-state index in [4.69, 9.17) is 4.42 Å². The van der Waals surface area contributed by atoms with Gasteiger partial charge in [-0.1, -0.05) is 38.1 Å². The van der Waals surface area contributed by atoms with Crippen molar-refractivity contribution in [2.75, 3.05) is 20.1 Å². The summed E-state index contributed by atoms with van der Waals surface area (Å²) < 4.78 is 5.60. The van der Waals surface area contributed by atoms with Crippen LogP contribution in [-0.2, 0) is 19.6 Å². The van der Waals surface area contributed by atoms with Crippen molar-refractivity contribution in [2.45, 2.75) is 53.8 Å². The third-order valence-electron chi connectivity index (χ3n) is 5.54. The standard InChI is InChI=1S/C23H35N5O.HI/c1-16-10-17(2)14-28(13-16)15-21-8-6-20(7-9-21)11-25-23(24-5)26-12-22-27-18(3)19(4)29-22;/h6-9,16-17H,10-15H2,1-5H3,(H2,24,25,26);1H. The minimum atomic E-state index is 0. The Morgan fingerprint density at radius 1 is 1.07 bits per heavy atom. The molecule has 2 heterocycles. The monoisotopic (exact) mass is 525 g/mol. The third-order valence-corrected chi connectivity index (χ3v) is 5.54. The van der Waals surface area contributed by atoms with Crippen LogP contribution in [0.4, 0.5) is 0 Å². The van der Waals surface area contributed by atoms with E-state index in [1.165, 1.54) is 30.6 Å². The average molecular weight is 525 g/mol. The number of aromatic nitrogens is 1. The highest BCUT2D eigenvalue weighted by Gasteiger charge is 2.21. The number of halogens is 1. The molecule has 1 aromatic carbocycles. The molecule has 30 heavy (non-hydrogen) atoms. The molecule has 1 aromatic heterocycles. The Morgan fingerprint density at radius 2 is 1.67 bits per heavy atom. The van der Waals surface area contributed by atoms with Crippen molar-refractivity contribution < 1.29 is 4.42 Å². The van der Waals surface area contributed by atoms with Crippen molar-refractivity contribution in [1.82, 2.24) is 20.5 Å². The van der Waals surface area contributed by atoms with Gasteiger partial charge in [0.2, 0.25) is 5.89 Å². The molecule has 2 atom stereocenters. The quantitative estimate of drug-likeness (QED) is 0.336. The molecule has 2 N–H and O–H groups in total. The first kappa shape index (κ1) is 24.7. The number of piperidine rings is 1. The van der Waals surface area contributed by atoms with E-state index in [2.05, 4.69) is 63.6 Å². The predicted molar refractivity (Wildman–Crippen MR) is 133 cm³/mol. The first-order valence-corrected chi connectivity index (χ1v) is 10.6. The van der Waals surface area contributed by atoms with Crippen molar-refractivity contribution in [1.29, 1.82) is 0 Å². The number of benzene rings is 1.